The van der Waals surface area contributed by atoms with E-state index >= 15 is 0 Å². The molecule has 4 aliphatic carbocycles. The lowest BCUT2D eigenvalue weighted by Crippen LogP contribution is -2.62. The van der Waals surface area contributed by atoms with Gasteiger partial charge in [-0.3, -0.25) is 4.79 Å². The highest BCUT2D eigenvalue weighted by molar-refractivity contribution is 5.66. The van der Waals surface area contributed by atoms with Crippen molar-refractivity contribution in [2.45, 2.75) is 324 Å². The van der Waals surface area contributed by atoms with E-state index < -0.39 is 171 Å². The van der Waals surface area contributed by atoms with Crippen LogP contribution in [0.15, 0.2) is 11.6 Å². The molecule has 11 aliphatic rings. The fourth-order valence-corrected chi connectivity index (χ4v) is 18.1. The Morgan fingerprint density at radius 2 is 1.18 bits per heavy atom. The number of aliphatic hydroxyl groups excluding tert-OH is 2. The lowest BCUT2D eigenvalue weighted by molar-refractivity contribution is -0.472. The molecule has 0 aromatic heterocycles. The van der Waals surface area contributed by atoms with Gasteiger partial charge in [0.15, 0.2) is 37.6 Å². The summed E-state index contributed by atoms with van der Waals surface area (Å²) in [7, 11) is 7.90. The van der Waals surface area contributed by atoms with Crippen LogP contribution in [0.3, 0.4) is 0 Å². The molecule has 7 saturated heterocycles. The van der Waals surface area contributed by atoms with Crippen molar-refractivity contribution in [2.75, 3.05) is 42.2 Å². The number of rotatable bonds is 17. The van der Waals surface area contributed by atoms with E-state index in [-0.39, 0.29) is 36.4 Å². The molecule has 10 fully saturated rings. The zero-order chi connectivity index (χ0) is 63.6. The Labute approximate surface area is 525 Å². The van der Waals surface area contributed by atoms with E-state index in [0.29, 0.717) is 43.4 Å². The Balaban J connectivity index is 0.652. The van der Waals surface area contributed by atoms with Gasteiger partial charge in [0.2, 0.25) is 5.79 Å². The van der Waals surface area contributed by atoms with E-state index in [0.717, 1.165) is 44.9 Å². The normalized spacial score (nSPS) is 52.3. The van der Waals surface area contributed by atoms with E-state index in [4.69, 9.17) is 95.0 Å². The summed E-state index contributed by atoms with van der Waals surface area (Å²) in [5.74, 6) is -0.451. The van der Waals surface area contributed by atoms with Gasteiger partial charge in [-0.2, -0.15) is 4.89 Å². The van der Waals surface area contributed by atoms with E-state index in [1.807, 2.05) is 41.5 Å². The minimum absolute atomic E-state index is 0.0555. The van der Waals surface area contributed by atoms with E-state index in [2.05, 4.69) is 19.9 Å². The van der Waals surface area contributed by atoms with Crippen LogP contribution in [-0.2, 0) is 99.8 Å². The van der Waals surface area contributed by atoms with Crippen LogP contribution in [0.1, 0.15) is 153 Å². The molecule has 510 valence electrons. The number of hydrogen-bond donors (Lipinski definition) is 3. The first-order valence-corrected chi connectivity index (χ1v) is 33.2. The summed E-state index contributed by atoms with van der Waals surface area (Å²) in [6.07, 6.45) is -4.82. The van der Waals surface area contributed by atoms with Crippen LogP contribution in [0.5, 0.6) is 0 Å². The highest BCUT2D eigenvalue weighted by atomic mass is 17.2. The Hall–Kier alpha value is -1.67. The number of hydrogen-bond acceptors (Lipinski definition) is 24. The van der Waals surface area contributed by atoms with Gasteiger partial charge in [0.05, 0.1) is 85.0 Å². The van der Waals surface area contributed by atoms with Gasteiger partial charge in [-0.05, 0) is 123 Å². The number of fused-ring (bicyclic) bond motifs is 6. The molecule has 0 bridgehead atoms. The number of aliphatic hydroxyl groups is 3. The van der Waals surface area contributed by atoms with Gasteiger partial charge in [0, 0.05) is 80.0 Å². The number of allylic oxidation sites excluding steroid dienone is 1. The second-order valence-corrected chi connectivity index (χ2v) is 28.3. The first-order valence-electron chi connectivity index (χ1n) is 33.2. The number of ether oxygens (including phenoxy) is 18. The molecule has 7 aliphatic heterocycles. The monoisotopic (exact) mass is 1270 g/mol. The van der Waals surface area contributed by atoms with Gasteiger partial charge in [-0.25, -0.2) is 4.89 Å². The first-order chi connectivity index (χ1) is 42.4. The molecule has 33 atom stereocenters. The van der Waals surface area contributed by atoms with Gasteiger partial charge < -0.3 is 101 Å². The van der Waals surface area contributed by atoms with Crippen LogP contribution in [0.25, 0.3) is 0 Å². The molecule has 0 amide bonds. The van der Waals surface area contributed by atoms with Crippen LogP contribution < -0.4 is 0 Å². The van der Waals surface area contributed by atoms with Gasteiger partial charge >= 0.3 is 5.97 Å². The lowest BCUT2D eigenvalue weighted by Gasteiger charge is -2.59. The third-order valence-corrected chi connectivity index (χ3v) is 23.1. The van der Waals surface area contributed by atoms with Crippen LogP contribution >= 0.6 is 0 Å². The van der Waals surface area contributed by atoms with Gasteiger partial charge in [-0.1, -0.05) is 25.5 Å². The van der Waals surface area contributed by atoms with Crippen molar-refractivity contribution >= 4 is 5.97 Å². The smallest absolute Gasteiger partial charge is 0.303 e. The summed E-state index contributed by atoms with van der Waals surface area (Å²) >= 11 is 0. The molecule has 11 rings (SSSR count). The van der Waals surface area contributed by atoms with Crippen LogP contribution in [0.4, 0.5) is 0 Å². The third kappa shape index (κ3) is 13.4. The average molecular weight is 1270 g/mol. The minimum atomic E-state index is -1.32. The number of carbonyl (C=O) groups is 1. The van der Waals surface area contributed by atoms with Crippen molar-refractivity contribution in [1.82, 2.24) is 0 Å². The second kappa shape index (κ2) is 27.8. The van der Waals surface area contributed by atoms with Crippen molar-refractivity contribution in [1.29, 1.82) is 0 Å². The van der Waals surface area contributed by atoms with Crippen molar-refractivity contribution < 1.29 is 115 Å². The topological polar surface area (TPSA) is 262 Å². The zero-order valence-electron chi connectivity index (χ0n) is 55.1. The maximum atomic E-state index is 12.8. The van der Waals surface area contributed by atoms with Gasteiger partial charge in [0.1, 0.15) is 49.3 Å². The number of methoxy groups -OCH3 is 5. The summed E-state index contributed by atoms with van der Waals surface area (Å²) < 4.78 is 114. The van der Waals surface area contributed by atoms with E-state index in [1.165, 1.54) is 19.6 Å². The summed E-state index contributed by atoms with van der Waals surface area (Å²) in [4.78, 5) is 24.6. The Morgan fingerprint density at radius 3 is 1.75 bits per heavy atom. The molecule has 24 heteroatoms. The largest absolute Gasteiger partial charge is 0.454 e. The molecule has 0 aromatic carbocycles. The lowest BCUT2D eigenvalue weighted by atomic mass is 9.46. The fraction of sp³-hybridized carbons (Fsp3) is 0.954. The van der Waals surface area contributed by atoms with E-state index in [1.54, 1.807) is 35.4 Å². The summed E-state index contributed by atoms with van der Waals surface area (Å²) in [6, 6.07) is 0. The van der Waals surface area contributed by atoms with Crippen LogP contribution in [0, 0.1) is 28.6 Å². The summed E-state index contributed by atoms with van der Waals surface area (Å²) in [6.45, 7) is 19.3. The summed E-state index contributed by atoms with van der Waals surface area (Å²) in [5, 5.41) is 34.2. The van der Waals surface area contributed by atoms with Gasteiger partial charge in [-0.15, -0.1) is 0 Å². The number of carbonyl (C=O) groups excluding carboxylic acids is 1. The van der Waals surface area contributed by atoms with Crippen LogP contribution in [-0.4, -0.2) is 234 Å². The third-order valence-electron chi connectivity index (χ3n) is 23.1. The molecular weight excluding hydrogens is 1160 g/mol. The van der Waals surface area contributed by atoms with Crippen molar-refractivity contribution in [3.63, 3.8) is 0 Å². The molecule has 0 aromatic rings. The Morgan fingerprint density at radius 1 is 0.618 bits per heavy atom. The minimum Gasteiger partial charge on any atom is -0.454 e. The maximum absolute atomic E-state index is 12.8. The Kier molecular flexibility index (Phi) is 21.5. The number of esters is 1. The fourth-order valence-electron chi connectivity index (χ4n) is 18.1. The molecule has 0 unspecified atom stereocenters. The van der Waals surface area contributed by atoms with Crippen molar-refractivity contribution in [3.05, 3.63) is 11.6 Å². The average Bonchev–Trinajstić information content (AvgIpc) is 1.67. The quantitative estimate of drug-likeness (QED) is 0.0875. The predicted octanol–water partition coefficient (Wildman–Crippen LogP) is 5.86. The molecule has 89 heavy (non-hydrogen) atoms. The SMILES string of the molecule is CO[C@H]1[C@@H](O)[C@@H](C)O[C@@H](O[C@H]2[C@@H](OC)C[C@H](O[C@H]3[C@@H](OC)C[C@H](O[C@H]4[C@@H](OC)C[C@H](O[C@@H]5[C@@H](C)O[C@@]6(CO[C@@H]7C[C@@H](O[C@@H](C)[C@@]8(O)CC[C@@H]9[C@@H]%10CC=C%11C[C@@H](O)CC[C@]%11(C)[C@H]%10CC[C@@]98C)O[C@H](C)[C@H]7OO6)C[C@H]5OC)O[C@@H]4C)O[C@@H]3C)O[C@@H]2C)[C@@H]1OC(C)=O. The molecule has 0 radical (unpaired) electrons. The first kappa shape index (κ1) is 68.7. The molecule has 24 nitrogen and oxygen atoms in total. The molecular formula is C65H106O24. The maximum Gasteiger partial charge on any atom is 0.303 e. The molecule has 1 spiro atoms. The van der Waals surface area contributed by atoms with Crippen LogP contribution in [0.2, 0.25) is 0 Å². The second-order valence-electron chi connectivity index (χ2n) is 28.3. The van der Waals surface area contributed by atoms with Gasteiger partial charge in [0.25, 0.3) is 0 Å². The Bertz CT molecular complexity index is 2390. The molecule has 3 N–H and O–H groups in total. The van der Waals surface area contributed by atoms with E-state index in [9.17, 15) is 20.1 Å². The highest BCUT2D eigenvalue weighted by Crippen LogP contribution is 2.68. The molecule has 3 saturated carbocycles. The van der Waals surface area contributed by atoms with Crippen molar-refractivity contribution in [3.8, 4) is 0 Å². The van der Waals surface area contributed by atoms with Crippen molar-refractivity contribution in [2.24, 2.45) is 28.6 Å². The predicted molar refractivity (Wildman–Crippen MR) is 312 cm³/mol. The highest BCUT2D eigenvalue weighted by Gasteiger charge is 2.66. The zero-order valence-corrected chi connectivity index (χ0v) is 55.1. The molecule has 7 heterocycles. The summed E-state index contributed by atoms with van der Waals surface area (Å²) in [5.41, 5.74) is 0.234. The standard InChI is InChI=1S/C65H106O24/c1-31-53(68)59(74-15)60(82-38(8)66)61(80-31)86-56-34(4)78-51(27-46(56)72-13)84-54-32(2)76-50(25-44(54)70-11)83-55-33(3)77-52(26-45(55)71-12)85-57-36(6)87-64(29-48(57)73-14)30-75-47-28-49(79-35(5)58(47)88-89-64)81-37(7)65(69)23-20-43-41-17-16-39-24-40(67)18-21-62(39,9)42(41)19-22-63(43,65)10/h16,31-37,40-61,67-69H,17-30H2,1-15H3/t31-,32-,33-,34-,35-,36-,37+,40+,41-,42+,43-,44+,45+,46+,47-,48-,49-,50+,51+,52+,53+,54-,55-,56-,57-,58-,59+,60-,61+,62+,63+,64+,65+/m1/s1.